The molecule has 0 radical (unpaired) electrons. The van der Waals surface area contributed by atoms with Crippen LogP contribution in [0, 0.1) is 13.8 Å². The summed E-state index contributed by atoms with van der Waals surface area (Å²) in [5.74, 6) is 1.05. The highest BCUT2D eigenvalue weighted by Gasteiger charge is 2.19. The second-order valence-electron chi connectivity index (χ2n) is 7.16. The third-order valence-electron chi connectivity index (χ3n) is 4.78. The maximum Gasteiger partial charge on any atom is 0.264 e. The summed E-state index contributed by atoms with van der Waals surface area (Å²) in [6.07, 6.45) is 0. The number of ether oxygens (including phenoxy) is 1. The lowest BCUT2D eigenvalue weighted by Crippen LogP contribution is -2.18. The molecule has 0 atom stereocenters. The molecule has 0 aliphatic rings. The van der Waals surface area contributed by atoms with Gasteiger partial charge >= 0.3 is 0 Å². The Morgan fingerprint density at radius 2 is 1.70 bits per heavy atom. The zero-order valence-corrected chi connectivity index (χ0v) is 17.7. The van der Waals surface area contributed by atoms with Gasteiger partial charge in [-0.3, -0.25) is 0 Å². The Balaban J connectivity index is 1.60. The van der Waals surface area contributed by atoms with Crippen molar-refractivity contribution in [3.63, 3.8) is 0 Å². The van der Waals surface area contributed by atoms with Crippen LogP contribution in [0.15, 0.2) is 77.7 Å². The summed E-state index contributed by atoms with van der Waals surface area (Å²) < 4.78 is 36.1. The summed E-state index contributed by atoms with van der Waals surface area (Å²) in [4.78, 5) is 4.69. The molecule has 0 bridgehead atoms. The Morgan fingerprint density at radius 3 is 2.47 bits per heavy atom. The number of rotatable bonds is 7. The van der Waals surface area contributed by atoms with Crippen LogP contribution in [0.5, 0.6) is 5.75 Å². The molecule has 1 N–H and O–H groups in total. The minimum Gasteiger partial charge on any atom is -0.492 e. The SMILES string of the molecule is Cc1ccc(S(=O)(=O)Nc2nc3ccccc3n2CCOc2cccc(C)c2)cc1. The van der Waals surface area contributed by atoms with Gasteiger partial charge in [-0.25, -0.2) is 18.1 Å². The number of sulfonamides is 1. The highest BCUT2D eigenvalue weighted by atomic mass is 32.2. The van der Waals surface area contributed by atoms with E-state index in [4.69, 9.17) is 4.74 Å². The van der Waals surface area contributed by atoms with Crippen molar-refractivity contribution < 1.29 is 13.2 Å². The van der Waals surface area contributed by atoms with Crippen molar-refractivity contribution in [3.8, 4) is 5.75 Å². The van der Waals surface area contributed by atoms with Crippen molar-refractivity contribution in [1.29, 1.82) is 0 Å². The average Bonchev–Trinajstić information content (AvgIpc) is 3.05. The van der Waals surface area contributed by atoms with Gasteiger partial charge in [0.15, 0.2) is 0 Å². The summed E-state index contributed by atoms with van der Waals surface area (Å²) in [5.41, 5.74) is 3.67. The van der Waals surface area contributed by atoms with Crippen LogP contribution in [-0.4, -0.2) is 24.6 Å². The number of hydrogen-bond donors (Lipinski definition) is 1. The maximum absolute atomic E-state index is 12.9. The first-order valence-corrected chi connectivity index (χ1v) is 11.1. The number of anilines is 1. The lowest BCUT2D eigenvalue weighted by atomic mass is 10.2. The van der Waals surface area contributed by atoms with Gasteiger partial charge in [-0.2, -0.15) is 0 Å². The fourth-order valence-electron chi connectivity index (χ4n) is 3.24. The number of aryl methyl sites for hydroxylation is 2. The van der Waals surface area contributed by atoms with Gasteiger partial charge in [0.2, 0.25) is 5.95 Å². The van der Waals surface area contributed by atoms with Gasteiger partial charge in [0.25, 0.3) is 10.0 Å². The van der Waals surface area contributed by atoms with Gasteiger partial charge in [0, 0.05) is 0 Å². The smallest absolute Gasteiger partial charge is 0.264 e. The molecule has 0 spiro atoms. The molecule has 1 aromatic heterocycles. The van der Waals surface area contributed by atoms with Gasteiger partial charge in [-0.05, 0) is 55.8 Å². The summed E-state index contributed by atoms with van der Waals surface area (Å²) in [7, 11) is -3.76. The molecule has 30 heavy (non-hydrogen) atoms. The van der Waals surface area contributed by atoms with Gasteiger partial charge in [-0.1, -0.05) is 42.0 Å². The number of para-hydroxylation sites is 2. The fourth-order valence-corrected chi connectivity index (χ4v) is 4.24. The largest absolute Gasteiger partial charge is 0.492 e. The van der Waals surface area contributed by atoms with Crippen LogP contribution in [0.1, 0.15) is 11.1 Å². The standard InChI is InChI=1S/C23H23N3O3S/c1-17-10-12-20(13-11-17)30(27,28)25-23-24-21-8-3-4-9-22(21)26(23)14-15-29-19-7-5-6-18(2)16-19/h3-13,16H,14-15H2,1-2H3,(H,24,25). The topological polar surface area (TPSA) is 73.2 Å². The number of hydrogen-bond acceptors (Lipinski definition) is 4. The molecule has 0 saturated heterocycles. The molecule has 0 unspecified atom stereocenters. The first-order valence-electron chi connectivity index (χ1n) is 9.67. The molecule has 4 rings (SSSR count). The van der Waals surface area contributed by atoms with E-state index in [0.717, 1.165) is 27.9 Å². The Kier molecular flexibility index (Phi) is 5.46. The molecule has 4 aromatic rings. The van der Waals surface area contributed by atoms with E-state index in [0.29, 0.717) is 13.2 Å². The van der Waals surface area contributed by atoms with E-state index < -0.39 is 10.0 Å². The first-order chi connectivity index (χ1) is 14.4. The first kappa shape index (κ1) is 20.0. The molecule has 0 aliphatic carbocycles. The van der Waals surface area contributed by atoms with E-state index in [1.807, 2.05) is 66.9 Å². The summed E-state index contributed by atoms with van der Waals surface area (Å²) in [5, 5.41) is 0. The Bertz CT molecular complexity index is 1280. The van der Waals surface area contributed by atoms with Gasteiger partial charge < -0.3 is 9.30 Å². The van der Waals surface area contributed by atoms with Gasteiger partial charge in [0.05, 0.1) is 22.5 Å². The molecular formula is C23H23N3O3S. The Hall–Kier alpha value is -3.32. The van der Waals surface area contributed by atoms with Crippen LogP contribution in [-0.2, 0) is 16.6 Å². The van der Waals surface area contributed by atoms with Gasteiger partial charge in [0.1, 0.15) is 12.4 Å². The number of benzene rings is 3. The normalized spacial score (nSPS) is 11.5. The molecule has 0 aliphatic heterocycles. The number of nitrogens with one attached hydrogen (secondary N) is 1. The third-order valence-corrected chi connectivity index (χ3v) is 6.13. The van der Waals surface area contributed by atoms with E-state index in [2.05, 4.69) is 9.71 Å². The summed E-state index contributed by atoms with van der Waals surface area (Å²) >= 11 is 0. The molecule has 1 heterocycles. The minimum absolute atomic E-state index is 0.197. The molecule has 3 aromatic carbocycles. The molecule has 6 nitrogen and oxygen atoms in total. The van der Waals surface area contributed by atoms with E-state index in [1.54, 1.807) is 24.3 Å². The van der Waals surface area contributed by atoms with E-state index >= 15 is 0 Å². The zero-order chi connectivity index (χ0) is 21.1. The molecule has 0 saturated carbocycles. The third kappa shape index (κ3) is 4.31. The highest BCUT2D eigenvalue weighted by Crippen LogP contribution is 2.23. The Labute approximate surface area is 176 Å². The van der Waals surface area contributed by atoms with Crippen molar-refractivity contribution in [2.24, 2.45) is 0 Å². The van der Waals surface area contributed by atoms with Crippen LogP contribution >= 0.6 is 0 Å². The molecular weight excluding hydrogens is 398 g/mol. The summed E-state index contributed by atoms with van der Waals surface area (Å²) in [6, 6.07) is 22.1. The second-order valence-corrected chi connectivity index (χ2v) is 8.84. The fraction of sp³-hybridized carbons (Fsp3) is 0.174. The zero-order valence-electron chi connectivity index (χ0n) is 16.9. The Morgan fingerprint density at radius 1 is 0.933 bits per heavy atom. The monoisotopic (exact) mass is 421 g/mol. The average molecular weight is 422 g/mol. The number of fused-ring (bicyclic) bond motifs is 1. The molecule has 0 fully saturated rings. The van der Waals surface area contributed by atoms with Crippen LogP contribution in [0.2, 0.25) is 0 Å². The minimum atomic E-state index is -3.76. The molecule has 154 valence electrons. The maximum atomic E-state index is 12.9. The predicted molar refractivity (Wildman–Crippen MR) is 118 cm³/mol. The number of imidazole rings is 1. The lowest BCUT2D eigenvalue weighted by molar-refractivity contribution is 0.301. The predicted octanol–water partition coefficient (Wildman–Crippen LogP) is 4.53. The number of nitrogens with zero attached hydrogens (tertiary/aromatic N) is 2. The van der Waals surface area contributed by atoms with E-state index in [9.17, 15) is 8.42 Å². The quantitative estimate of drug-likeness (QED) is 0.476. The molecule has 0 amide bonds. The van der Waals surface area contributed by atoms with Crippen LogP contribution in [0.4, 0.5) is 5.95 Å². The highest BCUT2D eigenvalue weighted by molar-refractivity contribution is 7.92. The van der Waals surface area contributed by atoms with Crippen molar-refractivity contribution >= 4 is 27.0 Å². The van der Waals surface area contributed by atoms with E-state index in [1.165, 1.54) is 0 Å². The van der Waals surface area contributed by atoms with Crippen molar-refractivity contribution in [2.75, 3.05) is 11.3 Å². The van der Waals surface area contributed by atoms with Crippen molar-refractivity contribution in [3.05, 3.63) is 83.9 Å². The van der Waals surface area contributed by atoms with Crippen molar-refractivity contribution in [2.45, 2.75) is 25.3 Å². The van der Waals surface area contributed by atoms with Crippen LogP contribution in [0.3, 0.4) is 0 Å². The summed E-state index contributed by atoms with van der Waals surface area (Å²) in [6.45, 7) is 4.74. The van der Waals surface area contributed by atoms with Crippen LogP contribution in [0.25, 0.3) is 11.0 Å². The van der Waals surface area contributed by atoms with Gasteiger partial charge in [-0.15, -0.1) is 0 Å². The van der Waals surface area contributed by atoms with E-state index in [-0.39, 0.29) is 10.8 Å². The van der Waals surface area contributed by atoms with Crippen LogP contribution < -0.4 is 9.46 Å². The van der Waals surface area contributed by atoms with Crippen molar-refractivity contribution in [1.82, 2.24) is 9.55 Å². The molecule has 7 heteroatoms. The number of aromatic nitrogens is 2. The lowest BCUT2D eigenvalue weighted by Gasteiger charge is -2.13. The second kappa shape index (κ2) is 8.20.